The van der Waals surface area contributed by atoms with Crippen LogP contribution in [0.15, 0.2) is 34.8 Å². The minimum Gasteiger partial charge on any atom is -0.466 e. The second kappa shape index (κ2) is 5.09. The van der Waals surface area contributed by atoms with Crippen molar-refractivity contribution in [2.45, 2.75) is 13.5 Å². The van der Waals surface area contributed by atoms with E-state index in [4.69, 9.17) is 0 Å². The normalized spacial score (nSPS) is 11.2. The third-order valence-corrected chi connectivity index (χ3v) is 1.86. The molecule has 5 nitrogen and oxygen atoms in total. The van der Waals surface area contributed by atoms with E-state index < -0.39 is 5.97 Å². The zero-order valence-electron chi connectivity index (χ0n) is 8.64. The van der Waals surface area contributed by atoms with Gasteiger partial charge in [0.05, 0.1) is 13.7 Å². The molecule has 0 radical (unpaired) electrons. The van der Waals surface area contributed by atoms with E-state index in [-0.39, 0.29) is 12.1 Å². The molecule has 0 saturated carbocycles. The van der Waals surface area contributed by atoms with Gasteiger partial charge in [0.25, 0.3) is 5.56 Å². The van der Waals surface area contributed by atoms with E-state index in [2.05, 4.69) is 9.84 Å². The highest BCUT2D eigenvalue weighted by molar-refractivity contribution is 5.87. The van der Waals surface area contributed by atoms with Crippen LogP contribution in [0.2, 0.25) is 0 Å². The predicted molar refractivity (Wildman–Crippen MR) is 54.3 cm³/mol. The van der Waals surface area contributed by atoms with Gasteiger partial charge in [-0.05, 0) is 13.0 Å². The van der Waals surface area contributed by atoms with E-state index in [0.29, 0.717) is 5.57 Å². The van der Waals surface area contributed by atoms with Crippen LogP contribution >= 0.6 is 0 Å². The van der Waals surface area contributed by atoms with E-state index in [1.54, 1.807) is 19.1 Å². The van der Waals surface area contributed by atoms with Gasteiger partial charge in [0.1, 0.15) is 0 Å². The summed E-state index contributed by atoms with van der Waals surface area (Å²) >= 11 is 0. The Morgan fingerprint density at radius 1 is 1.67 bits per heavy atom. The smallest absolute Gasteiger partial charge is 0.333 e. The number of methoxy groups -OCH3 is 1. The quantitative estimate of drug-likeness (QED) is 0.531. The van der Waals surface area contributed by atoms with Crippen LogP contribution in [0.1, 0.15) is 6.92 Å². The monoisotopic (exact) mass is 208 g/mol. The van der Waals surface area contributed by atoms with Crippen LogP contribution in [0.3, 0.4) is 0 Å². The first-order valence-electron chi connectivity index (χ1n) is 4.42. The van der Waals surface area contributed by atoms with Crippen molar-refractivity contribution in [1.29, 1.82) is 0 Å². The highest BCUT2D eigenvalue weighted by atomic mass is 16.5. The topological polar surface area (TPSA) is 61.2 Å². The van der Waals surface area contributed by atoms with Gasteiger partial charge in [-0.25, -0.2) is 9.48 Å². The maximum Gasteiger partial charge on any atom is 0.333 e. The molecule has 0 aromatic carbocycles. The Morgan fingerprint density at radius 3 is 3.00 bits per heavy atom. The van der Waals surface area contributed by atoms with E-state index in [1.807, 2.05) is 0 Å². The fourth-order valence-electron chi connectivity index (χ4n) is 0.992. The average molecular weight is 208 g/mol. The summed E-state index contributed by atoms with van der Waals surface area (Å²) in [5.41, 5.74) is 0.251. The average Bonchev–Trinajstić information content (AvgIpc) is 2.26. The van der Waals surface area contributed by atoms with E-state index in [1.165, 1.54) is 24.1 Å². The Morgan fingerprint density at radius 2 is 2.40 bits per heavy atom. The Hall–Kier alpha value is -1.91. The third kappa shape index (κ3) is 3.05. The maximum atomic E-state index is 11.2. The summed E-state index contributed by atoms with van der Waals surface area (Å²) in [5.74, 6) is -0.404. The number of esters is 1. The third-order valence-electron chi connectivity index (χ3n) is 1.86. The number of rotatable bonds is 3. The van der Waals surface area contributed by atoms with Crippen LogP contribution in [-0.4, -0.2) is 22.9 Å². The van der Waals surface area contributed by atoms with Crippen LogP contribution in [-0.2, 0) is 16.1 Å². The lowest BCUT2D eigenvalue weighted by atomic mass is 10.3. The molecule has 0 bridgehead atoms. The number of nitrogens with zero attached hydrogens (tertiary/aromatic N) is 2. The first kappa shape index (κ1) is 11.2. The molecule has 0 fully saturated rings. The van der Waals surface area contributed by atoms with Crippen molar-refractivity contribution in [2.24, 2.45) is 0 Å². The summed E-state index contributed by atoms with van der Waals surface area (Å²) in [7, 11) is 1.31. The fourth-order valence-corrected chi connectivity index (χ4v) is 0.992. The molecule has 0 aliphatic rings. The molecular weight excluding hydrogens is 196 g/mol. The van der Waals surface area contributed by atoms with Gasteiger partial charge < -0.3 is 4.74 Å². The first-order valence-corrected chi connectivity index (χ1v) is 4.42. The Bertz CT molecular complexity index is 434. The number of hydrogen-bond acceptors (Lipinski definition) is 4. The van der Waals surface area contributed by atoms with Crippen LogP contribution in [0.5, 0.6) is 0 Å². The molecule has 0 aliphatic heterocycles. The minimum absolute atomic E-state index is 0.202. The number of aromatic nitrogens is 2. The number of ether oxygens (including phenoxy) is 1. The molecule has 1 aromatic heterocycles. The molecule has 15 heavy (non-hydrogen) atoms. The van der Waals surface area contributed by atoms with Crippen molar-refractivity contribution in [3.63, 3.8) is 0 Å². The van der Waals surface area contributed by atoms with Crippen molar-refractivity contribution >= 4 is 5.97 Å². The Kier molecular flexibility index (Phi) is 3.79. The van der Waals surface area contributed by atoms with Crippen LogP contribution in [0, 0.1) is 0 Å². The van der Waals surface area contributed by atoms with Gasteiger partial charge >= 0.3 is 5.97 Å². The molecule has 0 N–H and O–H groups in total. The van der Waals surface area contributed by atoms with E-state index in [9.17, 15) is 9.59 Å². The summed E-state index contributed by atoms with van der Waals surface area (Å²) in [5, 5.41) is 3.84. The van der Waals surface area contributed by atoms with E-state index >= 15 is 0 Å². The van der Waals surface area contributed by atoms with Gasteiger partial charge in [-0.2, -0.15) is 5.10 Å². The molecule has 1 heterocycles. The van der Waals surface area contributed by atoms with Crippen LogP contribution in [0.4, 0.5) is 0 Å². The highest BCUT2D eigenvalue weighted by Crippen LogP contribution is 1.95. The predicted octanol–water partition coefficient (Wildman–Crippen LogP) is 0.363. The molecule has 0 amide bonds. The molecule has 5 heteroatoms. The summed E-state index contributed by atoms with van der Waals surface area (Å²) in [6.07, 6.45) is 3.11. The van der Waals surface area contributed by atoms with E-state index in [0.717, 1.165) is 0 Å². The molecule has 80 valence electrons. The zero-order valence-corrected chi connectivity index (χ0v) is 8.64. The number of allylic oxidation sites excluding steroid dienone is 1. The van der Waals surface area contributed by atoms with Crippen LogP contribution < -0.4 is 5.56 Å². The molecule has 0 saturated heterocycles. The molecule has 1 aromatic rings. The van der Waals surface area contributed by atoms with Crippen molar-refractivity contribution in [2.75, 3.05) is 7.11 Å². The van der Waals surface area contributed by atoms with Crippen molar-refractivity contribution < 1.29 is 9.53 Å². The summed E-state index contributed by atoms with van der Waals surface area (Å²) in [6.45, 7) is 1.89. The summed E-state index contributed by atoms with van der Waals surface area (Å²) < 4.78 is 5.77. The van der Waals surface area contributed by atoms with Gasteiger partial charge in [0.2, 0.25) is 0 Å². The number of hydrogen-bond donors (Lipinski definition) is 0. The molecular formula is C10H12N2O3. The molecule has 0 spiro atoms. The molecule has 0 atom stereocenters. The summed E-state index contributed by atoms with van der Waals surface area (Å²) in [6, 6.07) is 2.98. The second-order valence-corrected chi connectivity index (χ2v) is 2.92. The Labute approximate surface area is 87.0 Å². The SMILES string of the molecule is COC(=O)C(C)=CCn1ncccc1=O. The standard InChI is InChI=1S/C10H12N2O3/c1-8(10(14)15-2)5-7-12-9(13)4-3-6-11-12/h3-6H,7H2,1-2H3. The van der Waals surface area contributed by atoms with Gasteiger partial charge in [0.15, 0.2) is 0 Å². The molecule has 0 unspecified atom stereocenters. The van der Waals surface area contributed by atoms with Crippen molar-refractivity contribution in [1.82, 2.24) is 9.78 Å². The summed E-state index contributed by atoms with van der Waals surface area (Å²) in [4.78, 5) is 22.2. The first-order chi connectivity index (χ1) is 7.15. The lowest BCUT2D eigenvalue weighted by Crippen LogP contribution is -2.20. The number of carbonyl (C=O) groups excluding carboxylic acids is 1. The second-order valence-electron chi connectivity index (χ2n) is 2.92. The number of carbonyl (C=O) groups is 1. The highest BCUT2D eigenvalue weighted by Gasteiger charge is 2.02. The minimum atomic E-state index is -0.404. The van der Waals surface area contributed by atoms with Gasteiger partial charge in [0, 0.05) is 17.8 Å². The zero-order chi connectivity index (χ0) is 11.3. The largest absolute Gasteiger partial charge is 0.466 e. The molecule has 1 rings (SSSR count). The lowest BCUT2D eigenvalue weighted by Gasteiger charge is -2.00. The maximum absolute atomic E-state index is 11.2. The lowest BCUT2D eigenvalue weighted by molar-refractivity contribution is -0.136. The molecule has 0 aliphatic carbocycles. The van der Waals surface area contributed by atoms with Crippen molar-refractivity contribution in [3.8, 4) is 0 Å². The Balaban J connectivity index is 2.77. The van der Waals surface area contributed by atoms with Crippen molar-refractivity contribution in [3.05, 3.63) is 40.3 Å². The fraction of sp³-hybridized carbons (Fsp3) is 0.300. The van der Waals surface area contributed by atoms with Crippen LogP contribution in [0.25, 0.3) is 0 Å². The van der Waals surface area contributed by atoms with Gasteiger partial charge in [-0.15, -0.1) is 0 Å². The van der Waals surface area contributed by atoms with Gasteiger partial charge in [-0.1, -0.05) is 6.08 Å². The van der Waals surface area contributed by atoms with Gasteiger partial charge in [-0.3, -0.25) is 4.79 Å².